The zero-order chi connectivity index (χ0) is 17.1. The van der Waals surface area contributed by atoms with E-state index in [2.05, 4.69) is 10.3 Å². The van der Waals surface area contributed by atoms with Gasteiger partial charge in [0.1, 0.15) is 6.04 Å². The number of alkyl halides is 6. The van der Waals surface area contributed by atoms with E-state index in [9.17, 15) is 26.3 Å². The molecule has 124 valence electrons. The molecule has 1 aromatic heterocycles. The van der Waals surface area contributed by atoms with Crippen LogP contribution in [0, 0.1) is 0 Å². The number of halogens is 6. The van der Waals surface area contributed by atoms with Crippen LogP contribution in [0.4, 0.5) is 26.3 Å². The van der Waals surface area contributed by atoms with Crippen LogP contribution in [0.15, 0.2) is 48.7 Å². The number of hydrogen-bond acceptors (Lipinski definition) is 2. The lowest BCUT2D eigenvalue weighted by molar-refractivity contribution is -0.163. The molecule has 0 saturated heterocycles. The van der Waals surface area contributed by atoms with Crippen molar-refractivity contribution in [2.45, 2.75) is 24.9 Å². The first-order valence-corrected chi connectivity index (χ1v) is 6.55. The number of aromatic nitrogens is 1. The maximum absolute atomic E-state index is 13.2. The minimum absolute atomic E-state index is 0.297. The highest BCUT2D eigenvalue weighted by atomic mass is 19.4. The average Bonchev–Trinajstić information content (AvgIpc) is 2.46. The molecule has 0 spiro atoms. The summed E-state index contributed by atoms with van der Waals surface area (Å²) >= 11 is 0. The van der Waals surface area contributed by atoms with Crippen LogP contribution in [0.3, 0.4) is 0 Å². The molecule has 0 fully saturated rings. The Labute approximate surface area is 128 Å². The minimum Gasteiger partial charge on any atom is -0.297 e. The Morgan fingerprint density at radius 1 is 0.913 bits per heavy atom. The van der Waals surface area contributed by atoms with E-state index in [4.69, 9.17) is 0 Å². The summed E-state index contributed by atoms with van der Waals surface area (Å²) in [5.41, 5.74) is -1.87. The normalized spacial score (nSPS) is 13.8. The largest absolute Gasteiger partial charge is 0.416 e. The summed E-state index contributed by atoms with van der Waals surface area (Å²) in [5, 5.41) is 2.12. The van der Waals surface area contributed by atoms with Gasteiger partial charge in [-0.25, -0.2) is 0 Å². The van der Waals surface area contributed by atoms with Crippen molar-refractivity contribution in [2.24, 2.45) is 0 Å². The predicted molar refractivity (Wildman–Crippen MR) is 71.3 cm³/mol. The quantitative estimate of drug-likeness (QED) is 0.833. The van der Waals surface area contributed by atoms with Crippen molar-refractivity contribution >= 4 is 0 Å². The van der Waals surface area contributed by atoms with Crippen molar-refractivity contribution in [3.8, 4) is 0 Å². The molecule has 0 radical (unpaired) electrons. The summed E-state index contributed by atoms with van der Waals surface area (Å²) < 4.78 is 78.5. The Morgan fingerprint density at radius 2 is 1.57 bits per heavy atom. The van der Waals surface area contributed by atoms with E-state index < -0.39 is 29.5 Å². The zero-order valence-electron chi connectivity index (χ0n) is 11.6. The van der Waals surface area contributed by atoms with Crippen molar-refractivity contribution in [2.75, 3.05) is 0 Å². The number of hydrogen-bond donors (Lipinski definition) is 1. The lowest BCUT2D eigenvalue weighted by Crippen LogP contribution is -2.35. The van der Waals surface area contributed by atoms with Gasteiger partial charge < -0.3 is 0 Å². The van der Waals surface area contributed by atoms with Gasteiger partial charge in [0, 0.05) is 12.7 Å². The molecule has 1 atom stereocenters. The molecule has 2 rings (SSSR count). The molecule has 1 aromatic carbocycles. The molecule has 0 aliphatic rings. The average molecular weight is 334 g/mol. The maximum atomic E-state index is 13.2. The first kappa shape index (κ1) is 17.3. The van der Waals surface area contributed by atoms with E-state index in [0.29, 0.717) is 11.8 Å². The van der Waals surface area contributed by atoms with Gasteiger partial charge in [-0.05, 0) is 23.8 Å². The third-order valence-electron chi connectivity index (χ3n) is 3.12. The van der Waals surface area contributed by atoms with E-state index in [-0.39, 0.29) is 6.54 Å². The molecular weight excluding hydrogens is 322 g/mol. The van der Waals surface area contributed by atoms with Gasteiger partial charge in [0.25, 0.3) is 0 Å². The third kappa shape index (κ3) is 4.44. The Balaban J connectivity index is 2.33. The van der Waals surface area contributed by atoms with Gasteiger partial charge in [-0.1, -0.05) is 24.3 Å². The summed E-state index contributed by atoms with van der Waals surface area (Å²) in [6, 6.07) is 5.87. The number of rotatable bonds is 4. The van der Waals surface area contributed by atoms with Crippen LogP contribution in [0.2, 0.25) is 0 Å². The summed E-state index contributed by atoms with van der Waals surface area (Å²) in [6.07, 6.45) is -8.35. The monoisotopic (exact) mass is 334 g/mol. The van der Waals surface area contributed by atoms with Crippen LogP contribution in [-0.2, 0) is 12.7 Å². The fraction of sp³-hybridized carbons (Fsp3) is 0.267. The van der Waals surface area contributed by atoms with Crippen LogP contribution in [0.5, 0.6) is 0 Å². The fourth-order valence-corrected chi connectivity index (χ4v) is 2.12. The SMILES string of the molecule is FC(F)(F)c1ccccc1[C@H](NCc1ccccn1)C(F)(F)F. The molecule has 0 unspecified atom stereocenters. The molecule has 1 heterocycles. The van der Waals surface area contributed by atoms with Crippen LogP contribution in [0.25, 0.3) is 0 Å². The molecular formula is C15H12F6N2. The predicted octanol–water partition coefficient (Wildman–Crippen LogP) is 4.49. The van der Waals surface area contributed by atoms with Crippen molar-refractivity contribution in [3.63, 3.8) is 0 Å². The second-order valence-electron chi connectivity index (χ2n) is 4.76. The Morgan fingerprint density at radius 3 is 2.13 bits per heavy atom. The summed E-state index contributed by atoms with van der Waals surface area (Å²) in [6.45, 7) is -0.308. The van der Waals surface area contributed by atoms with E-state index in [0.717, 1.165) is 18.2 Å². The van der Waals surface area contributed by atoms with E-state index in [1.165, 1.54) is 12.3 Å². The highest BCUT2D eigenvalue weighted by molar-refractivity contribution is 5.33. The van der Waals surface area contributed by atoms with Gasteiger partial charge in [-0.2, -0.15) is 26.3 Å². The molecule has 8 heteroatoms. The van der Waals surface area contributed by atoms with Gasteiger partial charge in [0.2, 0.25) is 0 Å². The lowest BCUT2D eigenvalue weighted by Gasteiger charge is -2.25. The fourth-order valence-electron chi connectivity index (χ4n) is 2.12. The summed E-state index contributed by atoms with van der Waals surface area (Å²) in [5.74, 6) is 0. The van der Waals surface area contributed by atoms with Crippen molar-refractivity contribution < 1.29 is 26.3 Å². The van der Waals surface area contributed by atoms with Crippen molar-refractivity contribution in [1.29, 1.82) is 0 Å². The Bertz CT molecular complexity index is 636. The molecule has 2 nitrogen and oxygen atoms in total. The maximum Gasteiger partial charge on any atom is 0.416 e. The molecule has 0 bridgehead atoms. The molecule has 0 amide bonds. The first-order chi connectivity index (χ1) is 10.7. The second-order valence-corrected chi connectivity index (χ2v) is 4.76. The van der Waals surface area contributed by atoms with Gasteiger partial charge in [0.15, 0.2) is 0 Å². The topological polar surface area (TPSA) is 24.9 Å². The van der Waals surface area contributed by atoms with Crippen LogP contribution < -0.4 is 5.32 Å². The van der Waals surface area contributed by atoms with E-state index >= 15 is 0 Å². The summed E-state index contributed by atoms with van der Waals surface area (Å²) in [7, 11) is 0. The smallest absolute Gasteiger partial charge is 0.297 e. The highest BCUT2D eigenvalue weighted by Gasteiger charge is 2.45. The lowest BCUT2D eigenvalue weighted by atomic mass is 9.99. The van der Waals surface area contributed by atoms with E-state index in [1.54, 1.807) is 12.1 Å². The summed E-state index contributed by atoms with van der Waals surface area (Å²) in [4.78, 5) is 3.85. The van der Waals surface area contributed by atoms with Crippen LogP contribution in [0.1, 0.15) is 22.9 Å². The second kappa shape index (κ2) is 6.57. The zero-order valence-corrected chi connectivity index (χ0v) is 11.6. The van der Waals surface area contributed by atoms with Crippen molar-refractivity contribution in [3.05, 3.63) is 65.5 Å². The van der Waals surface area contributed by atoms with Gasteiger partial charge in [-0.3, -0.25) is 10.3 Å². The molecule has 23 heavy (non-hydrogen) atoms. The highest BCUT2D eigenvalue weighted by Crippen LogP contribution is 2.40. The third-order valence-corrected chi connectivity index (χ3v) is 3.12. The number of benzene rings is 1. The van der Waals surface area contributed by atoms with E-state index in [1.807, 2.05) is 0 Å². The Kier molecular flexibility index (Phi) is 4.93. The standard InChI is InChI=1S/C15H12F6N2/c16-14(17,18)12-7-2-1-6-11(12)13(15(19,20)21)23-9-10-5-3-4-8-22-10/h1-8,13,23H,9H2/t13-/m0/s1. The number of nitrogens with zero attached hydrogens (tertiary/aromatic N) is 1. The first-order valence-electron chi connectivity index (χ1n) is 6.55. The van der Waals surface area contributed by atoms with Gasteiger partial charge in [0.05, 0.1) is 11.3 Å². The van der Waals surface area contributed by atoms with Gasteiger partial charge in [-0.15, -0.1) is 0 Å². The van der Waals surface area contributed by atoms with Crippen LogP contribution in [-0.4, -0.2) is 11.2 Å². The van der Waals surface area contributed by atoms with Gasteiger partial charge >= 0.3 is 12.4 Å². The molecule has 0 saturated carbocycles. The molecule has 0 aliphatic carbocycles. The van der Waals surface area contributed by atoms with Crippen LogP contribution >= 0.6 is 0 Å². The Hall–Kier alpha value is -2.09. The van der Waals surface area contributed by atoms with Crippen molar-refractivity contribution in [1.82, 2.24) is 10.3 Å². The number of pyridine rings is 1. The molecule has 1 N–H and O–H groups in total. The minimum atomic E-state index is -4.88. The molecule has 2 aromatic rings. The number of nitrogens with one attached hydrogen (secondary N) is 1. The molecule has 0 aliphatic heterocycles.